The fourth-order valence-electron chi connectivity index (χ4n) is 1.95. The highest BCUT2D eigenvalue weighted by Gasteiger charge is 2.15. The van der Waals surface area contributed by atoms with Gasteiger partial charge >= 0.3 is 0 Å². The first-order chi connectivity index (χ1) is 8.34. The summed E-state index contributed by atoms with van der Waals surface area (Å²) in [6, 6.07) is 8.53. The highest BCUT2D eigenvalue weighted by Crippen LogP contribution is 2.22. The van der Waals surface area contributed by atoms with Crippen LogP contribution in [0.25, 0.3) is 0 Å². The Bertz CT molecular complexity index is 358. The van der Waals surface area contributed by atoms with Crippen LogP contribution in [0.15, 0.2) is 24.3 Å². The van der Waals surface area contributed by atoms with Gasteiger partial charge in [0.2, 0.25) is 0 Å². The molecule has 0 radical (unpaired) electrons. The molecular formula is C16H28Cl2O2. The Morgan fingerprint density at radius 2 is 1.45 bits per heavy atom. The molecule has 20 heavy (non-hydrogen) atoms. The number of benzene rings is 1. The minimum atomic E-state index is -0.614. The zero-order chi connectivity index (χ0) is 13.8. The van der Waals surface area contributed by atoms with Crippen molar-refractivity contribution in [2.75, 3.05) is 0 Å². The third-order valence-corrected chi connectivity index (χ3v) is 3.41. The normalized spacial score (nSPS) is 13.9. The molecule has 118 valence electrons. The summed E-state index contributed by atoms with van der Waals surface area (Å²) in [6.45, 7) is 8.47. The molecule has 0 fully saturated rings. The van der Waals surface area contributed by atoms with E-state index in [4.69, 9.17) is 0 Å². The van der Waals surface area contributed by atoms with E-state index in [1.54, 1.807) is 0 Å². The van der Waals surface area contributed by atoms with Gasteiger partial charge in [-0.1, -0.05) is 52.0 Å². The maximum atomic E-state index is 9.71. The summed E-state index contributed by atoms with van der Waals surface area (Å²) < 4.78 is 0. The van der Waals surface area contributed by atoms with Crippen LogP contribution >= 0.6 is 24.8 Å². The van der Waals surface area contributed by atoms with Crippen LogP contribution in [-0.4, -0.2) is 22.4 Å². The summed E-state index contributed by atoms with van der Waals surface area (Å²) >= 11 is 0. The summed E-state index contributed by atoms with van der Waals surface area (Å²) in [6.07, 6.45) is 0.813. The van der Waals surface area contributed by atoms with Gasteiger partial charge in [-0.25, -0.2) is 0 Å². The van der Waals surface area contributed by atoms with Crippen molar-refractivity contribution in [1.29, 1.82) is 0 Å². The predicted molar refractivity (Wildman–Crippen MR) is 90.3 cm³/mol. The van der Waals surface area contributed by atoms with Gasteiger partial charge < -0.3 is 10.2 Å². The van der Waals surface area contributed by atoms with Crippen LogP contribution in [0.2, 0.25) is 0 Å². The molecule has 0 bridgehead atoms. The molecule has 0 saturated heterocycles. The Kier molecular flexibility index (Phi) is 10.6. The lowest BCUT2D eigenvalue weighted by Crippen LogP contribution is -2.25. The van der Waals surface area contributed by atoms with Gasteiger partial charge in [-0.05, 0) is 35.8 Å². The SMILES string of the molecule is CC[C@@H](O)[C@H](O)CCc1ccc(C(C)(C)C)cc1.Cl.Cl. The van der Waals surface area contributed by atoms with Crippen LogP contribution in [0.1, 0.15) is 51.7 Å². The molecule has 0 aliphatic carbocycles. The lowest BCUT2D eigenvalue weighted by Gasteiger charge is -2.19. The minimum Gasteiger partial charge on any atom is -0.390 e. The lowest BCUT2D eigenvalue weighted by molar-refractivity contribution is 0.0130. The zero-order valence-corrected chi connectivity index (χ0v) is 14.4. The molecule has 0 aromatic heterocycles. The Hall–Kier alpha value is -0.280. The maximum absolute atomic E-state index is 9.71. The van der Waals surface area contributed by atoms with Gasteiger partial charge in [0, 0.05) is 0 Å². The average Bonchev–Trinajstić information content (AvgIpc) is 2.34. The van der Waals surface area contributed by atoms with Crippen molar-refractivity contribution >= 4 is 24.8 Å². The van der Waals surface area contributed by atoms with Gasteiger partial charge in [-0.2, -0.15) is 0 Å². The van der Waals surface area contributed by atoms with Crippen molar-refractivity contribution in [3.63, 3.8) is 0 Å². The first-order valence-electron chi connectivity index (χ1n) is 6.80. The summed E-state index contributed by atoms with van der Waals surface area (Å²) in [4.78, 5) is 0. The van der Waals surface area contributed by atoms with Crippen molar-refractivity contribution in [2.24, 2.45) is 0 Å². The first kappa shape index (κ1) is 22.0. The van der Waals surface area contributed by atoms with Crippen LogP contribution in [0.5, 0.6) is 0 Å². The second-order valence-corrected chi connectivity index (χ2v) is 6.03. The molecule has 0 aliphatic heterocycles. The highest BCUT2D eigenvalue weighted by atomic mass is 35.5. The molecule has 1 aromatic carbocycles. The van der Waals surface area contributed by atoms with Crippen LogP contribution in [-0.2, 0) is 11.8 Å². The van der Waals surface area contributed by atoms with Crippen molar-refractivity contribution in [1.82, 2.24) is 0 Å². The topological polar surface area (TPSA) is 40.5 Å². The van der Waals surface area contributed by atoms with Gasteiger partial charge in [-0.3, -0.25) is 0 Å². The molecule has 0 amide bonds. The second kappa shape index (κ2) is 9.62. The van der Waals surface area contributed by atoms with Gasteiger partial charge in [0.25, 0.3) is 0 Å². The van der Waals surface area contributed by atoms with E-state index in [9.17, 15) is 10.2 Å². The summed E-state index contributed by atoms with van der Waals surface area (Å²) in [5, 5.41) is 19.2. The van der Waals surface area contributed by atoms with Crippen molar-refractivity contribution < 1.29 is 10.2 Å². The largest absolute Gasteiger partial charge is 0.390 e. The molecule has 0 heterocycles. The monoisotopic (exact) mass is 322 g/mol. The number of aliphatic hydroxyl groups is 2. The molecule has 0 saturated carbocycles. The molecule has 0 unspecified atom stereocenters. The first-order valence-corrected chi connectivity index (χ1v) is 6.80. The predicted octanol–water partition coefficient (Wildman–Crippen LogP) is 3.89. The number of hydrogen-bond acceptors (Lipinski definition) is 2. The van der Waals surface area contributed by atoms with E-state index in [2.05, 4.69) is 45.0 Å². The lowest BCUT2D eigenvalue weighted by atomic mass is 9.86. The van der Waals surface area contributed by atoms with E-state index in [0.29, 0.717) is 12.8 Å². The molecule has 1 rings (SSSR count). The van der Waals surface area contributed by atoms with Gasteiger partial charge in [-0.15, -0.1) is 24.8 Å². The number of hydrogen-bond donors (Lipinski definition) is 2. The van der Waals surface area contributed by atoms with Crippen molar-refractivity contribution in [3.05, 3.63) is 35.4 Å². The Morgan fingerprint density at radius 1 is 0.950 bits per heavy atom. The molecule has 1 aromatic rings. The van der Waals surface area contributed by atoms with E-state index in [1.165, 1.54) is 11.1 Å². The van der Waals surface area contributed by atoms with Gasteiger partial charge in [0.15, 0.2) is 0 Å². The standard InChI is InChI=1S/C16H26O2.2ClH/c1-5-14(17)15(18)11-8-12-6-9-13(10-7-12)16(2,3)4;;/h6-7,9-10,14-15,17-18H,5,8,11H2,1-4H3;2*1H/t14-,15-;;/m1../s1. The quantitative estimate of drug-likeness (QED) is 0.863. The van der Waals surface area contributed by atoms with E-state index in [-0.39, 0.29) is 30.2 Å². The zero-order valence-electron chi connectivity index (χ0n) is 12.8. The molecule has 2 atom stereocenters. The fraction of sp³-hybridized carbons (Fsp3) is 0.625. The smallest absolute Gasteiger partial charge is 0.0802 e. The average molecular weight is 323 g/mol. The molecule has 2 N–H and O–H groups in total. The number of halogens is 2. The number of rotatable bonds is 5. The molecule has 4 heteroatoms. The van der Waals surface area contributed by atoms with E-state index in [1.807, 2.05) is 6.92 Å². The van der Waals surface area contributed by atoms with E-state index in [0.717, 1.165) is 6.42 Å². The van der Waals surface area contributed by atoms with Gasteiger partial charge in [0.05, 0.1) is 12.2 Å². The van der Waals surface area contributed by atoms with Crippen LogP contribution < -0.4 is 0 Å². The van der Waals surface area contributed by atoms with Crippen molar-refractivity contribution in [2.45, 2.75) is 64.6 Å². The number of aliphatic hydroxyl groups excluding tert-OH is 2. The fourth-order valence-corrected chi connectivity index (χ4v) is 1.95. The van der Waals surface area contributed by atoms with Crippen LogP contribution in [0, 0.1) is 0 Å². The summed E-state index contributed by atoms with van der Waals surface area (Å²) in [5.41, 5.74) is 2.71. The second-order valence-electron chi connectivity index (χ2n) is 6.03. The van der Waals surface area contributed by atoms with Crippen LogP contribution in [0.3, 0.4) is 0 Å². The molecule has 0 aliphatic rings. The summed E-state index contributed by atoms with van der Waals surface area (Å²) in [5.74, 6) is 0. The van der Waals surface area contributed by atoms with Crippen LogP contribution in [0.4, 0.5) is 0 Å². The Labute approximate surface area is 135 Å². The van der Waals surface area contributed by atoms with Crippen molar-refractivity contribution in [3.8, 4) is 0 Å². The Balaban J connectivity index is 0. The Morgan fingerprint density at radius 3 is 1.85 bits per heavy atom. The highest BCUT2D eigenvalue weighted by molar-refractivity contribution is 5.85. The van der Waals surface area contributed by atoms with Gasteiger partial charge in [0.1, 0.15) is 0 Å². The molecule has 0 spiro atoms. The third kappa shape index (κ3) is 6.94. The van der Waals surface area contributed by atoms with E-state index < -0.39 is 12.2 Å². The maximum Gasteiger partial charge on any atom is 0.0802 e. The minimum absolute atomic E-state index is 0. The number of aryl methyl sites for hydroxylation is 1. The van der Waals surface area contributed by atoms with E-state index >= 15 is 0 Å². The molecule has 2 nitrogen and oxygen atoms in total. The third-order valence-electron chi connectivity index (χ3n) is 3.41. The summed E-state index contributed by atoms with van der Waals surface area (Å²) in [7, 11) is 0. The molecular weight excluding hydrogens is 295 g/mol.